The number of pyridine rings is 1. The molecule has 0 saturated heterocycles. The van der Waals surface area contributed by atoms with E-state index in [0.717, 1.165) is 10.9 Å². The van der Waals surface area contributed by atoms with Crippen LogP contribution in [0.1, 0.15) is 18.6 Å². The fourth-order valence-corrected chi connectivity index (χ4v) is 2.99. The first kappa shape index (κ1) is 17.7. The molecule has 128 valence electrons. The lowest BCUT2D eigenvalue weighted by Crippen LogP contribution is -2.24. The Morgan fingerprint density at radius 3 is 2.80 bits per heavy atom. The topological polar surface area (TPSA) is 51.2 Å². The van der Waals surface area contributed by atoms with E-state index in [-0.39, 0.29) is 5.91 Å². The molecule has 3 aromatic rings. The lowest BCUT2D eigenvalue weighted by atomic mass is 10.1. The zero-order valence-electron chi connectivity index (χ0n) is 13.5. The van der Waals surface area contributed by atoms with Crippen molar-refractivity contribution < 1.29 is 9.53 Å². The molecule has 1 aromatic heterocycles. The summed E-state index contributed by atoms with van der Waals surface area (Å²) in [5, 5.41) is 4.68. The van der Waals surface area contributed by atoms with E-state index in [2.05, 4.69) is 10.3 Å². The Hall–Kier alpha value is -2.14. The molecule has 0 aliphatic carbocycles. The number of ether oxygens (including phenoxy) is 1. The molecule has 0 aliphatic rings. The summed E-state index contributed by atoms with van der Waals surface area (Å²) < 4.78 is 5.64. The molecule has 0 aliphatic heterocycles. The van der Waals surface area contributed by atoms with Gasteiger partial charge in [0.2, 0.25) is 0 Å². The largest absolute Gasteiger partial charge is 0.364 e. The van der Waals surface area contributed by atoms with Crippen molar-refractivity contribution in [3.63, 3.8) is 0 Å². The fourth-order valence-electron chi connectivity index (χ4n) is 2.59. The van der Waals surface area contributed by atoms with E-state index in [1.165, 1.54) is 0 Å². The Kier molecular flexibility index (Phi) is 5.53. The van der Waals surface area contributed by atoms with Gasteiger partial charge in [0.1, 0.15) is 0 Å². The van der Waals surface area contributed by atoms with Gasteiger partial charge < -0.3 is 10.1 Å². The van der Waals surface area contributed by atoms with E-state index in [4.69, 9.17) is 27.9 Å². The van der Waals surface area contributed by atoms with E-state index < -0.39 is 6.10 Å². The minimum absolute atomic E-state index is 0.317. The van der Waals surface area contributed by atoms with Crippen molar-refractivity contribution in [3.05, 3.63) is 70.3 Å². The predicted octanol–water partition coefficient (Wildman–Crippen LogP) is 5.26. The number of amides is 1. The van der Waals surface area contributed by atoms with E-state index in [9.17, 15) is 4.79 Å². The van der Waals surface area contributed by atoms with Crippen molar-refractivity contribution in [2.75, 3.05) is 11.9 Å². The molecule has 1 N–H and O–H groups in total. The Bertz CT molecular complexity index is 910. The molecule has 4 nitrogen and oxygen atoms in total. The molecular weight excluding hydrogens is 359 g/mol. The maximum atomic E-state index is 12.9. The number of halogens is 2. The van der Waals surface area contributed by atoms with Crippen LogP contribution in [-0.4, -0.2) is 17.5 Å². The van der Waals surface area contributed by atoms with Crippen molar-refractivity contribution in [1.82, 2.24) is 4.98 Å². The Balaban J connectivity index is 1.94. The summed E-state index contributed by atoms with van der Waals surface area (Å²) in [6.07, 6.45) is 0.795. The van der Waals surface area contributed by atoms with E-state index >= 15 is 0 Å². The zero-order valence-corrected chi connectivity index (χ0v) is 15.0. The van der Waals surface area contributed by atoms with E-state index in [1.54, 1.807) is 30.5 Å². The van der Waals surface area contributed by atoms with E-state index in [0.29, 0.717) is 27.9 Å². The minimum Gasteiger partial charge on any atom is -0.364 e. The van der Waals surface area contributed by atoms with Crippen molar-refractivity contribution >= 4 is 45.7 Å². The lowest BCUT2D eigenvalue weighted by molar-refractivity contribution is -0.127. The smallest absolute Gasteiger partial charge is 0.258 e. The van der Waals surface area contributed by atoms with Gasteiger partial charge in [0, 0.05) is 33.8 Å². The summed E-state index contributed by atoms with van der Waals surface area (Å²) in [5.74, 6) is -0.317. The number of rotatable bonds is 5. The predicted molar refractivity (Wildman–Crippen MR) is 101 cm³/mol. The maximum absolute atomic E-state index is 12.9. The second kappa shape index (κ2) is 7.83. The SMILES string of the molecule is CCOC(C(=O)Nc1ccnc2ccccc12)c1cc(Cl)ccc1Cl. The number of hydrogen-bond donors (Lipinski definition) is 1. The van der Waals surface area contributed by atoms with Crippen LogP contribution in [0.15, 0.2) is 54.7 Å². The van der Waals surface area contributed by atoms with Gasteiger partial charge in [0.25, 0.3) is 5.91 Å². The zero-order chi connectivity index (χ0) is 17.8. The second-order valence-electron chi connectivity index (χ2n) is 5.37. The van der Waals surface area contributed by atoms with Crippen LogP contribution in [0.3, 0.4) is 0 Å². The molecule has 3 rings (SSSR count). The molecule has 6 heteroatoms. The number of carbonyl (C=O) groups excluding carboxylic acids is 1. The maximum Gasteiger partial charge on any atom is 0.258 e. The molecule has 2 aromatic carbocycles. The van der Waals surface area contributed by atoms with Gasteiger partial charge in [-0.15, -0.1) is 0 Å². The highest BCUT2D eigenvalue weighted by Gasteiger charge is 2.24. The third kappa shape index (κ3) is 3.93. The number of carbonyl (C=O) groups is 1. The summed E-state index contributed by atoms with van der Waals surface area (Å²) in [6.45, 7) is 2.18. The number of para-hydroxylation sites is 1. The normalized spacial score (nSPS) is 12.1. The van der Waals surface area contributed by atoms with Crippen LogP contribution in [0.5, 0.6) is 0 Å². The molecule has 1 amide bonds. The van der Waals surface area contributed by atoms with Crippen molar-refractivity contribution in [2.24, 2.45) is 0 Å². The summed E-state index contributed by atoms with van der Waals surface area (Å²) >= 11 is 12.3. The molecule has 0 spiro atoms. The van der Waals surface area contributed by atoms with Crippen LogP contribution in [0.4, 0.5) is 5.69 Å². The van der Waals surface area contributed by atoms with Crippen LogP contribution < -0.4 is 5.32 Å². The van der Waals surface area contributed by atoms with Crippen LogP contribution in [0.25, 0.3) is 10.9 Å². The average molecular weight is 375 g/mol. The highest BCUT2D eigenvalue weighted by molar-refractivity contribution is 6.33. The number of fused-ring (bicyclic) bond motifs is 1. The third-order valence-electron chi connectivity index (χ3n) is 3.72. The number of hydrogen-bond acceptors (Lipinski definition) is 3. The number of nitrogens with one attached hydrogen (secondary N) is 1. The van der Waals surface area contributed by atoms with Gasteiger partial charge in [-0.2, -0.15) is 0 Å². The van der Waals surface area contributed by atoms with Crippen molar-refractivity contribution in [3.8, 4) is 0 Å². The first-order valence-corrected chi connectivity index (χ1v) is 8.57. The Morgan fingerprint density at radius 2 is 2.00 bits per heavy atom. The van der Waals surface area contributed by atoms with Gasteiger partial charge >= 0.3 is 0 Å². The summed E-state index contributed by atoms with van der Waals surface area (Å²) in [6, 6.07) is 14.3. The average Bonchev–Trinajstić information content (AvgIpc) is 2.62. The van der Waals surface area contributed by atoms with Crippen LogP contribution in [0, 0.1) is 0 Å². The molecule has 1 atom stereocenters. The third-order valence-corrected chi connectivity index (χ3v) is 4.30. The van der Waals surface area contributed by atoms with Gasteiger partial charge in [0.15, 0.2) is 6.10 Å². The summed E-state index contributed by atoms with van der Waals surface area (Å²) in [4.78, 5) is 17.1. The first-order valence-electron chi connectivity index (χ1n) is 7.81. The van der Waals surface area contributed by atoms with Gasteiger partial charge in [-0.1, -0.05) is 41.4 Å². The van der Waals surface area contributed by atoms with Gasteiger partial charge in [-0.05, 0) is 37.3 Å². The number of anilines is 1. The van der Waals surface area contributed by atoms with E-state index in [1.807, 2.05) is 31.2 Å². The van der Waals surface area contributed by atoms with Crippen molar-refractivity contribution in [2.45, 2.75) is 13.0 Å². The summed E-state index contributed by atoms with van der Waals surface area (Å²) in [7, 11) is 0. The summed E-state index contributed by atoms with van der Waals surface area (Å²) in [5.41, 5.74) is 2.00. The van der Waals surface area contributed by atoms with Crippen LogP contribution >= 0.6 is 23.2 Å². The Morgan fingerprint density at radius 1 is 1.20 bits per heavy atom. The monoisotopic (exact) mass is 374 g/mol. The van der Waals surface area contributed by atoms with Crippen molar-refractivity contribution in [1.29, 1.82) is 0 Å². The Labute approximate surface area is 155 Å². The quantitative estimate of drug-likeness (QED) is 0.662. The van der Waals surface area contributed by atoms with Gasteiger partial charge in [-0.25, -0.2) is 0 Å². The standard InChI is InChI=1S/C19H16Cl2N2O2/c1-2-25-18(14-11-12(20)7-8-15(14)21)19(24)23-17-9-10-22-16-6-4-3-5-13(16)17/h3-11,18H,2H2,1H3,(H,22,23,24). The lowest BCUT2D eigenvalue weighted by Gasteiger charge is -2.19. The number of aromatic nitrogens is 1. The first-order chi connectivity index (χ1) is 12.1. The molecule has 0 saturated carbocycles. The highest BCUT2D eigenvalue weighted by atomic mass is 35.5. The van der Waals surface area contributed by atoms with Crippen LogP contribution in [0.2, 0.25) is 10.0 Å². The molecule has 0 radical (unpaired) electrons. The molecule has 1 unspecified atom stereocenters. The molecule has 0 fully saturated rings. The molecular formula is C19H16Cl2N2O2. The van der Waals surface area contributed by atoms with Gasteiger partial charge in [-0.3, -0.25) is 9.78 Å². The molecule has 25 heavy (non-hydrogen) atoms. The number of benzene rings is 2. The molecule has 0 bridgehead atoms. The number of nitrogens with zero attached hydrogens (tertiary/aromatic N) is 1. The van der Waals surface area contributed by atoms with Gasteiger partial charge in [0.05, 0.1) is 11.2 Å². The molecule has 1 heterocycles. The second-order valence-corrected chi connectivity index (χ2v) is 6.21. The minimum atomic E-state index is -0.858. The fraction of sp³-hybridized carbons (Fsp3) is 0.158. The highest BCUT2D eigenvalue weighted by Crippen LogP contribution is 2.30. The van der Waals surface area contributed by atoms with Crippen LogP contribution in [-0.2, 0) is 9.53 Å².